The molecule has 1 saturated heterocycles. The van der Waals surface area contributed by atoms with E-state index in [1.807, 2.05) is 18.3 Å². The Morgan fingerprint density at radius 1 is 1.21 bits per heavy atom. The van der Waals surface area contributed by atoms with Crippen LogP contribution in [0, 0.1) is 0 Å². The largest absolute Gasteiger partial charge is 0.483 e. The van der Waals surface area contributed by atoms with Crippen LogP contribution in [-0.2, 0) is 21.3 Å². The Morgan fingerprint density at radius 2 is 2.07 bits per heavy atom. The predicted octanol–water partition coefficient (Wildman–Crippen LogP) is 1.76. The fourth-order valence-electron chi connectivity index (χ4n) is 3.98. The van der Waals surface area contributed by atoms with Crippen molar-refractivity contribution in [3.8, 4) is 5.75 Å². The molecule has 1 aromatic carbocycles. The Labute approximate surface area is 165 Å². The predicted molar refractivity (Wildman–Crippen MR) is 105 cm³/mol. The van der Waals surface area contributed by atoms with E-state index in [1.165, 1.54) is 4.31 Å². The highest BCUT2D eigenvalue weighted by Crippen LogP contribution is 2.38. The smallest absolute Gasteiger partial charge is 0.246 e. The maximum Gasteiger partial charge on any atom is 0.246 e. The Balaban J connectivity index is 1.62. The van der Waals surface area contributed by atoms with Crippen molar-refractivity contribution in [1.29, 1.82) is 0 Å². The molecule has 8 heteroatoms. The number of aromatic nitrogens is 1. The Bertz CT molecular complexity index is 922. The molecule has 1 fully saturated rings. The van der Waals surface area contributed by atoms with Gasteiger partial charge in [-0.1, -0.05) is 18.2 Å². The van der Waals surface area contributed by atoms with Crippen LogP contribution in [0.1, 0.15) is 12.0 Å². The third-order valence-electron chi connectivity index (χ3n) is 5.33. The summed E-state index contributed by atoms with van der Waals surface area (Å²) in [6.45, 7) is 3.24. The molecule has 1 spiro atoms. The topological polar surface area (TPSA) is 72.0 Å². The molecule has 1 aromatic heterocycles. The van der Waals surface area contributed by atoms with Gasteiger partial charge in [-0.15, -0.1) is 0 Å². The molecular weight excluding hydrogens is 378 g/mol. The van der Waals surface area contributed by atoms with E-state index in [2.05, 4.69) is 16.0 Å². The van der Waals surface area contributed by atoms with E-state index in [-0.39, 0.29) is 4.90 Å². The van der Waals surface area contributed by atoms with Crippen LogP contribution in [0.3, 0.4) is 0 Å². The molecule has 0 amide bonds. The van der Waals surface area contributed by atoms with Gasteiger partial charge in [0, 0.05) is 52.1 Å². The van der Waals surface area contributed by atoms with Crippen molar-refractivity contribution < 1.29 is 17.9 Å². The van der Waals surface area contributed by atoms with Crippen LogP contribution in [0.4, 0.5) is 0 Å². The minimum atomic E-state index is -3.63. The molecule has 3 heterocycles. The quantitative estimate of drug-likeness (QED) is 0.758. The SMILES string of the molecule is COCCN1C[C@@]2(CCN(Cc3cccnc3)C2)Oc2ccccc2S1(=O)=O. The van der Waals surface area contributed by atoms with Crippen molar-refractivity contribution in [3.05, 3.63) is 54.4 Å². The summed E-state index contributed by atoms with van der Waals surface area (Å²) in [7, 11) is -2.05. The highest BCUT2D eigenvalue weighted by molar-refractivity contribution is 7.89. The van der Waals surface area contributed by atoms with Gasteiger partial charge in [0.2, 0.25) is 10.0 Å². The summed E-state index contributed by atoms with van der Waals surface area (Å²) in [5.74, 6) is 0.436. The molecule has 28 heavy (non-hydrogen) atoms. The van der Waals surface area contributed by atoms with Gasteiger partial charge in [0.25, 0.3) is 0 Å². The first-order valence-corrected chi connectivity index (χ1v) is 10.8. The Kier molecular flexibility index (Phi) is 5.37. The molecule has 0 radical (unpaired) electrons. The van der Waals surface area contributed by atoms with Crippen molar-refractivity contribution >= 4 is 10.0 Å². The van der Waals surface area contributed by atoms with E-state index in [0.29, 0.717) is 32.0 Å². The molecule has 2 aromatic rings. The van der Waals surface area contributed by atoms with Crippen molar-refractivity contribution in [2.75, 3.05) is 39.9 Å². The van der Waals surface area contributed by atoms with E-state index in [1.54, 1.807) is 31.5 Å². The van der Waals surface area contributed by atoms with Crippen molar-refractivity contribution in [2.45, 2.75) is 23.5 Å². The minimum Gasteiger partial charge on any atom is -0.483 e. The van der Waals surface area contributed by atoms with Crippen LogP contribution < -0.4 is 4.74 Å². The summed E-state index contributed by atoms with van der Waals surface area (Å²) >= 11 is 0. The average molecular weight is 404 g/mol. The molecule has 2 aliphatic heterocycles. The number of rotatable bonds is 5. The Morgan fingerprint density at radius 3 is 2.86 bits per heavy atom. The number of likely N-dealkylation sites (tertiary alicyclic amines) is 1. The average Bonchev–Trinajstić information content (AvgIpc) is 3.04. The van der Waals surface area contributed by atoms with Crippen molar-refractivity contribution in [3.63, 3.8) is 0 Å². The molecule has 0 saturated carbocycles. The number of fused-ring (bicyclic) bond motifs is 1. The van der Waals surface area contributed by atoms with Crippen LogP contribution in [0.2, 0.25) is 0 Å². The van der Waals surface area contributed by atoms with Crippen LogP contribution >= 0.6 is 0 Å². The van der Waals surface area contributed by atoms with Crippen molar-refractivity contribution in [2.24, 2.45) is 0 Å². The highest BCUT2D eigenvalue weighted by Gasteiger charge is 2.47. The lowest BCUT2D eigenvalue weighted by Crippen LogP contribution is -2.49. The van der Waals surface area contributed by atoms with E-state index in [0.717, 1.165) is 25.1 Å². The van der Waals surface area contributed by atoms with Gasteiger partial charge in [-0.05, 0) is 23.8 Å². The van der Waals surface area contributed by atoms with Crippen LogP contribution in [0.15, 0.2) is 53.7 Å². The zero-order chi connectivity index (χ0) is 19.6. The first kappa shape index (κ1) is 19.3. The zero-order valence-corrected chi connectivity index (χ0v) is 16.8. The second kappa shape index (κ2) is 7.79. The van der Waals surface area contributed by atoms with E-state index < -0.39 is 15.6 Å². The first-order chi connectivity index (χ1) is 13.5. The molecule has 2 aliphatic rings. The molecule has 4 rings (SSSR count). The number of ether oxygens (including phenoxy) is 2. The van der Waals surface area contributed by atoms with Gasteiger partial charge in [-0.3, -0.25) is 9.88 Å². The van der Waals surface area contributed by atoms with Gasteiger partial charge >= 0.3 is 0 Å². The molecule has 0 N–H and O–H groups in total. The third-order valence-corrected chi connectivity index (χ3v) is 7.21. The maximum absolute atomic E-state index is 13.2. The lowest BCUT2D eigenvalue weighted by atomic mass is 10.0. The summed E-state index contributed by atoms with van der Waals surface area (Å²) in [6.07, 6.45) is 4.39. The molecular formula is C20H25N3O4S. The molecule has 0 aliphatic carbocycles. The van der Waals surface area contributed by atoms with E-state index in [9.17, 15) is 8.42 Å². The van der Waals surface area contributed by atoms with Crippen LogP contribution in [-0.4, -0.2) is 68.1 Å². The number of pyridine rings is 1. The lowest BCUT2D eigenvalue weighted by Gasteiger charge is -2.32. The maximum atomic E-state index is 13.2. The summed E-state index contributed by atoms with van der Waals surface area (Å²) in [6, 6.07) is 10.9. The molecule has 1 atom stereocenters. The fraction of sp³-hybridized carbons (Fsp3) is 0.450. The van der Waals surface area contributed by atoms with E-state index >= 15 is 0 Å². The summed E-state index contributed by atoms with van der Waals surface area (Å²) in [5, 5.41) is 0. The Hall–Kier alpha value is -2.00. The second-order valence-electron chi connectivity index (χ2n) is 7.39. The number of hydrogen-bond acceptors (Lipinski definition) is 6. The molecule has 150 valence electrons. The standard InChI is InChI=1S/C20H25N3O4S/c1-26-12-11-23-16-20(27-18-6-2-3-7-19(18)28(23,24)25)8-10-22(15-20)14-17-5-4-9-21-13-17/h2-7,9,13H,8,10-12,14-16H2,1H3/t20-/m0/s1. The summed E-state index contributed by atoms with van der Waals surface area (Å²) in [4.78, 5) is 6.71. The highest BCUT2D eigenvalue weighted by atomic mass is 32.2. The number of sulfonamides is 1. The van der Waals surface area contributed by atoms with Gasteiger partial charge in [0.05, 0.1) is 13.2 Å². The first-order valence-electron chi connectivity index (χ1n) is 9.41. The van der Waals surface area contributed by atoms with E-state index in [4.69, 9.17) is 9.47 Å². The fourth-order valence-corrected chi connectivity index (χ4v) is 5.59. The second-order valence-corrected chi connectivity index (χ2v) is 9.29. The van der Waals surface area contributed by atoms with Gasteiger partial charge in [0.1, 0.15) is 16.2 Å². The lowest BCUT2D eigenvalue weighted by molar-refractivity contribution is 0.0533. The molecule has 0 bridgehead atoms. The van der Waals surface area contributed by atoms with Gasteiger partial charge in [0.15, 0.2) is 0 Å². The van der Waals surface area contributed by atoms with Gasteiger partial charge in [-0.2, -0.15) is 4.31 Å². The number of methoxy groups -OCH3 is 1. The summed E-state index contributed by atoms with van der Waals surface area (Å²) < 4.78 is 39.5. The number of hydrogen-bond donors (Lipinski definition) is 0. The number of benzene rings is 1. The van der Waals surface area contributed by atoms with Crippen LogP contribution in [0.5, 0.6) is 5.75 Å². The number of nitrogens with zero attached hydrogens (tertiary/aromatic N) is 3. The monoisotopic (exact) mass is 403 g/mol. The normalized spacial score (nSPS) is 24.6. The van der Waals surface area contributed by atoms with Gasteiger partial charge in [-0.25, -0.2) is 8.42 Å². The van der Waals surface area contributed by atoms with Crippen LogP contribution in [0.25, 0.3) is 0 Å². The zero-order valence-electron chi connectivity index (χ0n) is 16.0. The van der Waals surface area contributed by atoms with Crippen molar-refractivity contribution in [1.82, 2.24) is 14.2 Å². The minimum absolute atomic E-state index is 0.230. The molecule has 0 unspecified atom stereocenters. The van der Waals surface area contributed by atoms with Gasteiger partial charge < -0.3 is 9.47 Å². The molecule has 7 nitrogen and oxygen atoms in total. The number of para-hydroxylation sites is 1. The summed E-state index contributed by atoms with van der Waals surface area (Å²) in [5.41, 5.74) is 0.563. The third kappa shape index (κ3) is 3.77.